The van der Waals surface area contributed by atoms with Crippen molar-refractivity contribution in [3.63, 3.8) is 0 Å². The number of hydrogen-bond donors (Lipinski definition) is 1. The molecule has 1 unspecified atom stereocenters. The Hall–Kier alpha value is -3.69. The van der Waals surface area contributed by atoms with E-state index in [2.05, 4.69) is 5.32 Å². The summed E-state index contributed by atoms with van der Waals surface area (Å²) in [6, 6.07) is 19.8. The Bertz CT molecular complexity index is 1370. The molecule has 3 aromatic rings. The van der Waals surface area contributed by atoms with E-state index in [1.54, 1.807) is 29.2 Å². The van der Waals surface area contributed by atoms with Crippen LogP contribution in [0, 0.1) is 0 Å². The number of benzene rings is 3. The van der Waals surface area contributed by atoms with Gasteiger partial charge in [-0.05, 0) is 55.0 Å². The van der Waals surface area contributed by atoms with Crippen molar-refractivity contribution < 1.29 is 23.8 Å². The van der Waals surface area contributed by atoms with Crippen molar-refractivity contribution in [3.05, 3.63) is 77.3 Å². The van der Waals surface area contributed by atoms with Crippen LogP contribution in [-0.4, -0.2) is 40.5 Å². The molecule has 1 fully saturated rings. The molecular weight excluding hydrogens is 514 g/mol. The maximum absolute atomic E-state index is 13.5. The summed E-state index contributed by atoms with van der Waals surface area (Å²) in [5.41, 5.74) is 2.04. The molecule has 2 amide bonds. The van der Waals surface area contributed by atoms with E-state index in [4.69, 9.17) is 30.8 Å². The van der Waals surface area contributed by atoms with Crippen LogP contribution in [0.5, 0.6) is 17.2 Å². The average molecular weight is 538 g/mol. The fourth-order valence-corrected chi connectivity index (χ4v) is 5.31. The van der Waals surface area contributed by atoms with Gasteiger partial charge in [0.1, 0.15) is 16.7 Å². The SMILES string of the molecule is CCOc1ccccc1N=C1SC(CC(=O)Nc2cccc(Cl)c2)C(=O)N1Cc1ccc2c(c1)OCO2. The van der Waals surface area contributed by atoms with Crippen molar-refractivity contribution in [1.82, 2.24) is 4.90 Å². The third-order valence-corrected chi connectivity index (χ3v) is 7.07. The van der Waals surface area contributed by atoms with Gasteiger partial charge in [-0.2, -0.15) is 0 Å². The highest BCUT2D eigenvalue weighted by Gasteiger charge is 2.39. The highest BCUT2D eigenvalue weighted by atomic mass is 35.5. The van der Waals surface area contributed by atoms with Crippen molar-refractivity contribution in [2.24, 2.45) is 4.99 Å². The first-order chi connectivity index (χ1) is 18.0. The summed E-state index contributed by atoms with van der Waals surface area (Å²) in [4.78, 5) is 32.7. The Kier molecular flexibility index (Phi) is 7.52. The van der Waals surface area contributed by atoms with E-state index < -0.39 is 5.25 Å². The molecule has 5 rings (SSSR count). The van der Waals surface area contributed by atoms with Crippen molar-refractivity contribution >= 4 is 51.7 Å². The molecule has 0 aromatic heterocycles. The zero-order chi connectivity index (χ0) is 25.8. The number of nitrogens with one attached hydrogen (secondary N) is 1. The van der Waals surface area contributed by atoms with Crippen LogP contribution in [0.2, 0.25) is 5.02 Å². The van der Waals surface area contributed by atoms with Gasteiger partial charge >= 0.3 is 0 Å². The molecule has 0 aliphatic carbocycles. The van der Waals surface area contributed by atoms with Crippen LogP contribution in [0.25, 0.3) is 0 Å². The largest absolute Gasteiger partial charge is 0.492 e. The van der Waals surface area contributed by atoms with Gasteiger partial charge < -0.3 is 19.5 Å². The highest BCUT2D eigenvalue weighted by molar-refractivity contribution is 8.15. The van der Waals surface area contributed by atoms with Crippen molar-refractivity contribution in [2.75, 3.05) is 18.7 Å². The van der Waals surface area contributed by atoms with Gasteiger partial charge in [-0.1, -0.05) is 47.6 Å². The van der Waals surface area contributed by atoms with Gasteiger partial charge in [0.2, 0.25) is 18.6 Å². The van der Waals surface area contributed by atoms with E-state index in [0.29, 0.717) is 45.4 Å². The number of carbonyl (C=O) groups is 2. The fourth-order valence-electron chi connectivity index (χ4n) is 3.97. The standard InChI is InChI=1S/C27H24ClN3O5S/c1-2-34-21-9-4-3-8-20(21)30-27-31(15-17-10-11-22-23(12-17)36-16-35-22)26(33)24(37-27)14-25(32)29-19-7-5-6-18(28)13-19/h3-13,24H,2,14-16H2,1H3,(H,29,32). The summed E-state index contributed by atoms with van der Waals surface area (Å²) in [5, 5.41) is 3.19. The van der Waals surface area contributed by atoms with Gasteiger partial charge in [-0.15, -0.1) is 0 Å². The van der Waals surface area contributed by atoms with E-state index in [1.807, 2.05) is 49.4 Å². The molecule has 0 spiro atoms. The van der Waals surface area contributed by atoms with Crippen LogP contribution in [0.3, 0.4) is 0 Å². The first-order valence-electron chi connectivity index (χ1n) is 11.7. The summed E-state index contributed by atoms with van der Waals surface area (Å²) in [6.07, 6.45) is -0.0141. The molecule has 2 heterocycles. The van der Waals surface area contributed by atoms with Crippen LogP contribution < -0.4 is 19.5 Å². The highest BCUT2D eigenvalue weighted by Crippen LogP contribution is 2.37. The van der Waals surface area contributed by atoms with E-state index in [9.17, 15) is 9.59 Å². The van der Waals surface area contributed by atoms with Crippen LogP contribution in [-0.2, 0) is 16.1 Å². The lowest BCUT2D eigenvalue weighted by atomic mass is 10.1. The topological polar surface area (TPSA) is 89.5 Å². The normalized spacial score (nSPS) is 17.4. The Morgan fingerprint density at radius 1 is 1.14 bits per heavy atom. The number of hydrogen-bond acceptors (Lipinski definition) is 7. The molecule has 3 aromatic carbocycles. The zero-order valence-electron chi connectivity index (χ0n) is 20.0. The minimum Gasteiger partial charge on any atom is -0.492 e. The first-order valence-corrected chi connectivity index (χ1v) is 13.0. The number of para-hydroxylation sites is 2. The van der Waals surface area contributed by atoms with Crippen molar-refractivity contribution in [1.29, 1.82) is 0 Å². The smallest absolute Gasteiger partial charge is 0.242 e. The van der Waals surface area contributed by atoms with Crippen LogP contribution in [0.4, 0.5) is 11.4 Å². The maximum atomic E-state index is 13.5. The molecule has 2 aliphatic rings. The second-order valence-electron chi connectivity index (χ2n) is 8.28. The number of halogens is 1. The molecule has 1 atom stereocenters. The van der Waals surface area contributed by atoms with Crippen LogP contribution in [0.15, 0.2) is 71.7 Å². The second kappa shape index (κ2) is 11.1. The predicted molar refractivity (Wildman–Crippen MR) is 144 cm³/mol. The molecule has 8 nitrogen and oxygen atoms in total. The number of fused-ring (bicyclic) bond motifs is 1. The number of thioether (sulfide) groups is 1. The lowest BCUT2D eigenvalue weighted by Crippen LogP contribution is -2.33. The summed E-state index contributed by atoms with van der Waals surface area (Å²) in [5.74, 6) is 1.44. The van der Waals surface area contributed by atoms with E-state index in [-0.39, 0.29) is 31.6 Å². The monoisotopic (exact) mass is 537 g/mol. The van der Waals surface area contributed by atoms with Crippen molar-refractivity contribution in [2.45, 2.75) is 25.1 Å². The molecular formula is C27H24ClN3O5S. The molecule has 0 bridgehead atoms. The number of anilines is 1. The van der Waals surface area contributed by atoms with E-state index >= 15 is 0 Å². The van der Waals surface area contributed by atoms with Gasteiger partial charge in [-0.25, -0.2) is 4.99 Å². The zero-order valence-corrected chi connectivity index (χ0v) is 21.6. The average Bonchev–Trinajstić information content (AvgIpc) is 3.45. The molecule has 37 heavy (non-hydrogen) atoms. The minimum atomic E-state index is -0.633. The summed E-state index contributed by atoms with van der Waals surface area (Å²) < 4.78 is 16.6. The summed E-state index contributed by atoms with van der Waals surface area (Å²) in [7, 11) is 0. The van der Waals surface area contributed by atoms with Crippen LogP contribution >= 0.6 is 23.4 Å². The maximum Gasteiger partial charge on any atom is 0.242 e. The summed E-state index contributed by atoms with van der Waals surface area (Å²) in [6.45, 7) is 2.83. The number of rotatable bonds is 8. The quantitative estimate of drug-likeness (QED) is 0.401. The number of nitrogens with zero attached hydrogens (tertiary/aromatic N) is 2. The number of aliphatic imine (C=N–C) groups is 1. The van der Waals surface area contributed by atoms with Gasteiger partial charge in [-0.3, -0.25) is 14.5 Å². The van der Waals surface area contributed by atoms with Gasteiger partial charge in [0.05, 0.1) is 13.2 Å². The van der Waals surface area contributed by atoms with Gasteiger partial charge in [0.25, 0.3) is 0 Å². The van der Waals surface area contributed by atoms with Gasteiger partial charge in [0, 0.05) is 17.1 Å². The van der Waals surface area contributed by atoms with E-state index in [1.165, 1.54) is 11.8 Å². The molecule has 0 saturated carbocycles. The minimum absolute atomic E-state index is 0.0141. The third-order valence-electron chi connectivity index (χ3n) is 5.66. The lowest BCUT2D eigenvalue weighted by molar-refractivity contribution is -0.128. The Balaban J connectivity index is 1.40. The number of ether oxygens (including phenoxy) is 3. The number of carbonyl (C=O) groups excluding carboxylic acids is 2. The molecule has 190 valence electrons. The second-order valence-corrected chi connectivity index (χ2v) is 9.88. The Labute approximate surface area is 223 Å². The molecule has 10 heteroatoms. The summed E-state index contributed by atoms with van der Waals surface area (Å²) >= 11 is 7.29. The molecule has 1 N–H and O–H groups in total. The third kappa shape index (κ3) is 5.84. The Morgan fingerprint density at radius 2 is 1.97 bits per heavy atom. The van der Waals surface area contributed by atoms with Crippen LogP contribution in [0.1, 0.15) is 18.9 Å². The molecule has 2 aliphatic heterocycles. The lowest BCUT2D eigenvalue weighted by Gasteiger charge is -2.17. The first kappa shape index (κ1) is 25.0. The van der Waals surface area contributed by atoms with E-state index in [0.717, 1.165) is 5.56 Å². The number of amidine groups is 1. The predicted octanol–water partition coefficient (Wildman–Crippen LogP) is 5.63. The fraction of sp³-hybridized carbons (Fsp3) is 0.222. The van der Waals surface area contributed by atoms with Crippen molar-refractivity contribution in [3.8, 4) is 17.2 Å². The Morgan fingerprint density at radius 3 is 2.81 bits per heavy atom. The molecule has 1 saturated heterocycles. The number of amides is 2. The van der Waals surface area contributed by atoms with Gasteiger partial charge in [0.15, 0.2) is 16.7 Å². The molecule has 0 radical (unpaired) electrons.